The number of anilines is 2. The summed E-state index contributed by atoms with van der Waals surface area (Å²) in [5.74, 6) is 0. The van der Waals surface area contributed by atoms with Gasteiger partial charge in [0, 0.05) is 26.7 Å². The van der Waals surface area contributed by atoms with Crippen LogP contribution in [0.4, 0.5) is 11.4 Å². The number of nitrogens with zero attached hydrogens (tertiary/aromatic N) is 2. The summed E-state index contributed by atoms with van der Waals surface area (Å²) >= 11 is 0. The summed E-state index contributed by atoms with van der Waals surface area (Å²) in [6.07, 6.45) is 2.23. The lowest BCUT2D eigenvalue weighted by Gasteiger charge is -2.26. The summed E-state index contributed by atoms with van der Waals surface area (Å²) in [6.45, 7) is 3.07. The fourth-order valence-electron chi connectivity index (χ4n) is 2.50. The monoisotopic (exact) mass is 283 g/mol. The van der Waals surface area contributed by atoms with Gasteiger partial charge >= 0.3 is 0 Å². The van der Waals surface area contributed by atoms with Crippen molar-refractivity contribution in [2.75, 3.05) is 31.3 Å². The van der Waals surface area contributed by atoms with E-state index in [0.29, 0.717) is 11.7 Å². The molecule has 1 unspecified atom stereocenters. The third kappa shape index (κ3) is 2.42. The quantitative estimate of drug-likeness (QED) is 0.854. The molecule has 0 bridgehead atoms. The van der Waals surface area contributed by atoms with E-state index >= 15 is 0 Å². The maximum absolute atomic E-state index is 12.2. The first-order valence-electron chi connectivity index (χ1n) is 6.43. The Balaban J connectivity index is 2.50. The molecule has 0 aliphatic carbocycles. The van der Waals surface area contributed by atoms with Crippen LogP contribution in [0.1, 0.15) is 19.8 Å². The number of rotatable bonds is 3. The lowest BCUT2D eigenvalue weighted by atomic mass is 10.2. The van der Waals surface area contributed by atoms with Crippen molar-refractivity contribution in [2.24, 2.45) is 0 Å². The molecule has 106 valence electrons. The summed E-state index contributed by atoms with van der Waals surface area (Å²) in [6, 6.07) is 5.62. The fraction of sp³-hybridized carbons (Fsp3) is 0.538. The average Bonchev–Trinajstić information content (AvgIpc) is 2.75. The van der Waals surface area contributed by atoms with Gasteiger partial charge in [0.2, 0.25) is 10.0 Å². The van der Waals surface area contributed by atoms with Gasteiger partial charge in [0.1, 0.15) is 4.90 Å². The van der Waals surface area contributed by atoms with Crippen molar-refractivity contribution in [1.29, 1.82) is 0 Å². The lowest BCUT2D eigenvalue weighted by Crippen LogP contribution is -2.28. The number of para-hydroxylation sites is 1. The Labute approximate surface area is 115 Å². The van der Waals surface area contributed by atoms with Crippen molar-refractivity contribution in [3.63, 3.8) is 0 Å². The first-order valence-corrected chi connectivity index (χ1v) is 7.87. The normalized spacial score (nSPS) is 20.2. The van der Waals surface area contributed by atoms with Gasteiger partial charge in [-0.25, -0.2) is 12.7 Å². The summed E-state index contributed by atoms with van der Waals surface area (Å²) in [7, 11) is -0.468. The van der Waals surface area contributed by atoms with Gasteiger partial charge < -0.3 is 10.6 Å². The van der Waals surface area contributed by atoms with Gasteiger partial charge in [0.25, 0.3) is 0 Å². The molecule has 2 rings (SSSR count). The van der Waals surface area contributed by atoms with Crippen LogP contribution in [0.2, 0.25) is 0 Å². The third-order valence-electron chi connectivity index (χ3n) is 3.66. The van der Waals surface area contributed by atoms with Gasteiger partial charge in [-0.1, -0.05) is 6.07 Å². The molecule has 5 nitrogen and oxygen atoms in total. The number of nitrogen functional groups attached to an aromatic ring is 1. The topological polar surface area (TPSA) is 66.6 Å². The standard InChI is InChI=1S/C13H21N3O2S/c1-10-6-5-9-16(10)11-7-4-8-12(13(11)14)19(17,18)15(2)3/h4,7-8,10H,5-6,9,14H2,1-3H3. The average molecular weight is 283 g/mol. The predicted octanol–water partition coefficient (Wildman–Crippen LogP) is 1.51. The predicted molar refractivity (Wildman–Crippen MR) is 77.8 cm³/mol. The fourth-order valence-corrected chi connectivity index (χ4v) is 3.52. The Bertz CT molecular complexity index is 569. The zero-order chi connectivity index (χ0) is 14.2. The van der Waals surface area contributed by atoms with Crippen LogP contribution in [0.25, 0.3) is 0 Å². The SMILES string of the molecule is CC1CCCN1c1cccc(S(=O)(=O)N(C)C)c1N. The highest BCUT2D eigenvalue weighted by atomic mass is 32.2. The van der Waals surface area contributed by atoms with E-state index in [0.717, 1.165) is 25.1 Å². The van der Waals surface area contributed by atoms with E-state index in [2.05, 4.69) is 11.8 Å². The number of nitrogens with two attached hydrogens (primary N) is 1. The zero-order valence-corrected chi connectivity index (χ0v) is 12.4. The van der Waals surface area contributed by atoms with Gasteiger partial charge in [-0.3, -0.25) is 0 Å². The van der Waals surface area contributed by atoms with Crippen molar-refractivity contribution in [3.05, 3.63) is 18.2 Å². The summed E-state index contributed by atoms with van der Waals surface area (Å²) < 4.78 is 25.6. The summed E-state index contributed by atoms with van der Waals surface area (Å²) in [5.41, 5.74) is 7.28. The Morgan fingerprint density at radius 2 is 2.05 bits per heavy atom. The molecule has 2 N–H and O–H groups in total. The first kappa shape index (κ1) is 14.1. The smallest absolute Gasteiger partial charge is 0.244 e. The molecule has 0 saturated carbocycles. The van der Waals surface area contributed by atoms with Crippen LogP contribution in [0, 0.1) is 0 Å². The molecule has 1 saturated heterocycles. The van der Waals surface area contributed by atoms with Gasteiger partial charge in [-0.2, -0.15) is 0 Å². The van der Waals surface area contributed by atoms with Crippen molar-refractivity contribution < 1.29 is 8.42 Å². The van der Waals surface area contributed by atoms with Crippen molar-refractivity contribution in [1.82, 2.24) is 4.31 Å². The van der Waals surface area contributed by atoms with E-state index in [9.17, 15) is 8.42 Å². The maximum atomic E-state index is 12.2. The van der Waals surface area contributed by atoms with Crippen LogP contribution in [-0.2, 0) is 10.0 Å². The van der Waals surface area contributed by atoms with Crippen LogP contribution in [0.15, 0.2) is 23.1 Å². The van der Waals surface area contributed by atoms with E-state index in [1.165, 1.54) is 18.4 Å². The largest absolute Gasteiger partial charge is 0.396 e. The minimum Gasteiger partial charge on any atom is -0.396 e. The highest BCUT2D eigenvalue weighted by Crippen LogP contribution is 2.34. The number of sulfonamides is 1. The second-order valence-electron chi connectivity index (χ2n) is 5.16. The molecular weight excluding hydrogens is 262 g/mol. The van der Waals surface area contributed by atoms with Crippen LogP contribution < -0.4 is 10.6 Å². The Kier molecular flexibility index (Phi) is 3.73. The molecule has 1 atom stereocenters. The Morgan fingerprint density at radius 1 is 1.37 bits per heavy atom. The van der Waals surface area contributed by atoms with E-state index in [-0.39, 0.29) is 4.90 Å². The van der Waals surface area contributed by atoms with Crippen LogP contribution >= 0.6 is 0 Å². The van der Waals surface area contributed by atoms with E-state index in [1.807, 2.05) is 6.07 Å². The lowest BCUT2D eigenvalue weighted by molar-refractivity contribution is 0.521. The third-order valence-corrected chi connectivity index (χ3v) is 5.54. The zero-order valence-electron chi connectivity index (χ0n) is 11.6. The van der Waals surface area contributed by atoms with E-state index < -0.39 is 10.0 Å². The Hall–Kier alpha value is -1.27. The molecule has 0 spiro atoms. The molecule has 1 aromatic rings. The molecule has 1 fully saturated rings. The molecular formula is C13H21N3O2S. The van der Waals surface area contributed by atoms with Gasteiger partial charge in [0.15, 0.2) is 0 Å². The van der Waals surface area contributed by atoms with Gasteiger partial charge in [-0.05, 0) is 31.9 Å². The van der Waals surface area contributed by atoms with Gasteiger partial charge in [0.05, 0.1) is 11.4 Å². The second-order valence-corrected chi connectivity index (χ2v) is 7.28. The van der Waals surface area contributed by atoms with Crippen molar-refractivity contribution >= 4 is 21.4 Å². The molecule has 1 aliphatic heterocycles. The molecule has 1 heterocycles. The Morgan fingerprint density at radius 3 is 2.58 bits per heavy atom. The molecule has 0 aromatic heterocycles. The molecule has 1 aliphatic rings. The number of benzene rings is 1. The highest BCUT2D eigenvalue weighted by molar-refractivity contribution is 7.89. The van der Waals surface area contributed by atoms with Crippen LogP contribution in [-0.4, -0.2) is 39.4 Å². The highest BCUT2D eigenvalue weighted by Gasteiger charge is 2.27. The molecule has 19 heavy (non-hydrogen) atoms. The van der Waals surface area contributed by atoms with E-state index in [4.69, 9.17) is 5.73 Å². The maximum Gasteiger partial charge on any atom is 0.244 e. The minimum atomic E-state index is -3.50. The van der Waals surface area contributed by atoms with E-state index in [1.54, 1.807) is 12.1 Å². The summed E-state index contributed by atoms with van der Waals surface area (Å²) in [4.78, 5) is 2.37. The van der Waals surface area contributed by atoms with Crippen molar-refractivity contribution in [3.8, 4) is 0 Å². The van der Waals surface area contributed by atoms with Crippen molar-refractivity contribution in [2.45, 2.75) is 30.7 Å². The van der Waals surface area contributed by atoms with Crippen LogP contribution in [0.5, 0.6) is 0 Å². The molecule has 0 radical (unpaired) electrons. The molecule has 1 aromatic carbocycles. The van der Waals surface area contributed by atoms with Gasteiger partial charge in [-0.15, -0.1) is 0 Å². The second kappa shape index (κ2) is 5.02. The number of hydrogen-bond acceptors (Lipinski definition) is 4. The summed E-state index contributed by atoms with van der Waals surface area (Å²) in [5, 5.41) is 0. The minimum absolute atomic E-state index is 0.189. The molecule has 0 amide bonds. The first-order chi connectivity index (χ1) is 8.85. The number of hydrogen-bond donors (Lipinski definition) is 1. The molecule has 6 heteroatoms. The van der Waals surface area contributed by atoms with Crippen LogP contribution in [0.3, 0.4) is 0 Å².